The van der Waals surface area contributed by atoms with E-state index in [4.69, 9.17) is 4.74 Å². The second-order valence-electron chi connectivity index (χ2n) is 5.88. The molecule has 0 aliphatic carbocycles. The molecule has 0 saturated carbocycles. The number of rotatable bonds is 6. The van der Waals surface area contributed by atoms with Crippen LogP contribution in [0.5, 0.6) is 0 Å². The van der Waals surface area contributed by atoms with Gasteiger partial charge in [-0.3, -0.25) is 4.98 Å². The van der Waals surface area contributed by atoms with Crippen LogP contribution in [0.3, 0.4) is 0 Å². The highest BCUT2D eigenvalue weighted by Crippen LogP contribution is 2.26. The van der Waals surface area contributed by atoms with Crippen LogP contribution in [0.15, 0.2) is 24.5 Å². The van der Waals surface area contributed by atoms with Crippen molar-refractivity contribution in [2.45, 2.75) is 19.3 Å². The van der Waals surface area contributed by atoms with E-state index >= 15 is 0 Å². The summed E-state index contributed by atoms with van der Waals surface area (Å²) >= 11 is 0. The van der Waals surface area contributed by atoms with Crippen molar-refractivity contribution in [2.75, 3.05) is 32.9 Å². The molecule has 1 fully saturated rings. The minimum Gasteiger partial charge on any atom is -0.396 e. The molecular formula is C14H22N2O2. The van der Waals surface area contributed by atoms with Gasteiger partial charge in [0.1, 0.15) is 0 Å². The van der Waals surface area contributed by atoms with Crippen molar-refractivity contribution in [1.82, 2.24) is 10.3 Å². The number of nitrogens with zero attached hydrogens (tertiary/aromatic N) is 1. The first kappa shape index (κ1) is 13.5. The third-order valence-corrected chi connectivity index (χ3v) is 3.66. The average Bonchev–Trinajstić information content (AvgIpc) is 2.34. The van der Waals surface area contributed by atoms with Crippen LogP contribution in [-0.4, -0.2) is 43.0 Å². The SMILES string of the molecule is CC(C)(CNCC1(CO)COC1)c1cccnc1. The zero-order valence-electron chi connectivity index (χ0n) is 11.1. The highest BCUT2D eigenvalue weighted by atomic mass is 16.5. The summed E-state index contributed by atoms with van der Waals surface area (Å²) in [6.45, 7) is 7.55. The van der Waals surface area contributed by atoms with Gasteiger partial charge in [-0.1, -0.05) is 19.9 Å². The smallest absolute Gasteiger partial charge is 0.0579 e. The highest BCUT2D eigenvalue weighted by Gasteiger charge is 2.38. The van der Waals surface area contributed by atoms with E-state index in [-0.39, 0.29) is 17.4 Å². The number of nitrogens with one attached hydrogen (secondary N) is 1. The summed E-state index contributed by atoms with van der Waals surface area (Å²) in [5.41, 5.74) is 1.20. The van der Waals surface area contributed by atoms with Crippen LogP contribution in [0.25, 0.3) is 0 Å². The lowest BCUT2D eigenvalue weighted by Crippen LogP contribution is -2.53. The summed E-state index contributed by atoms with van der Waals surface area (Å²) in [5.74, 6) is 0. The van der Waals surface area contributed by atoms with E-state index in [2.05, 4.69) is 30.2 Å². The first-order valence-electron chi connectivity index (χ1n) is 6.38. The Morgan fingerprint density at radius 1 is 1.50 bits per heavy atom. The Kier molecular flexibility index (Phi) is 4.00. The lowest BCUT2D eigenvalue weighted by Gasteiger charge is -2.40. The molecule has 0 amide bonds. The van der Waals surface area contributed by atoms with Gasteiger partial charge in [0.2, 0.25) is 0 Å². The Morgan fingerprint density at radius 2 is 2.28 bits per heavy atom. The van der Waals surface area contributed by atoms with Crippen molar-refractivity contribution in [3.8, 4) is 0 Å². The van der Waals surface area contributed by atoms with E-state index < -0.39 is 0 Å². The molecular weight excluding hydrogens is 228 g/mol. The van der Waals surface area contributed by atoms with Crippen LogP contribution in [0.4, 0.5) is 0 Å². The molecule has 18 heavy (non-hydrogen) atoms. The maximum Gasteiger partial charge on any atom is 0.0579 e. The zero-order valence-corrected chi connectivity index (χ0v) is 11.1. The second-order valence-corrected chi connectivity index (χ2v) is 5.88. The minimum atomic E-state index is -0.0645. The van der Waals surface area contributed by atoms with Gasteiger partial charge in [-0.25, -0.2) is 0 Å². The lowest BCUT2D eigenvalue weighted by atomic mass is 9.84. The van der Waals surface area contributed by atoms with Gasteiger partial charge in [-0.05, 0) is 11.6 Å². The molecule has 1 aliphatic rings. The van der Waals surface area contributed by atoms with Gasteiger partial charge in [0.25, 0.3) is 0 Å². The van der Waals surface area contributed by atoms with Crippen LogP contribution in [0, 0.1) is 5.41 Å². The van der Waals surface area contributed by atoms with Crippen molar-refractivity contribution in [3.63, 3.8) is 0 Å². The third kappa shape index (κ3) is 2.88. The number of hydrogen-bond donors (Lipinski definition) is 2. The quantitative estimate of drug-likeness (QED) is 0.789. The molecule has 1 aromatic heterocycles. The summed E-state index contributed by atoms with van der Waals surface area (Å²) in [6.07, 6.45) is 3.70. The molecule has 2 rings (SSSR count). The fraction of sp³-hybridized carbons (Fsp3) is 0.643. The van der Waals surface area contributed by atoms with Gasteiger partial charge in [0.05, 0.1) is 25.2 Å². The Morgan fingerprint density at radius 3 is 2.78 bits per heavy atom. The number of aliphatic hydroxyl groups excluding tert-OH is 1. The fourth-order valence-electron chi connectivity index (χ4n) is 2.15. The van der Waals surface area contributed by atoms with Crippen molar-refractivity contribution < 1.29 is 9.84 Å². The van der Waals surface area contributed by atoms with Gasteiger partial charge < -0.3 is 15.2 Å². The van der Waals surface area contributed by atoms with E-state index in [9.17, 15) is 5.11 Å². The van der Waals surface area contributed by atoms with Gasteiger partial charge in [0.15, 0.2) is 0 Å². The molecule has 0 spiro atoms. The summed E-state index contributed by atoms with van der Waals surface area (Å²) < 4.78 is 5.19. The molecule has 1 aliphatic heterocycles. The summed E-state index contributed by atoms with van der Waals surface area (Å²) in [7, 11) is 0. The molecule has 0 unspecified atom stereocenters. The lowest BCUT2D eigenvalue weighted by molar-refractivity contribution is -0.134. The van der Waals surface area contributed by atoms with E-state index in [1.165, 1.54) is 5.56 Å². The molecule has 0 radical (unpaired) electrons. The number of ether oxygens (including phenoxy) is 1. The van der Waals surface area contributed by atoms with Crippen LogP contribution in [-0.2, 0) is 10.2 Å². The van der Waals surface area contributed by atoms with Gasteiger partial charge >= 0.3 is 0 Å². The molecule has 0 aromatic carbocycles. The summed E-state index contributed by atoms with van der Waals surface area (Å²) in [6, 6.07) is 4.06. The van der Waals surface area contributed by atoms with Gasteiger partial charge in [0, 0.05) is 30.9 Å². The summed E-state index contributed by atoms with van der Waals surface area (Å²) in [5, 5.41) is 12.8. The maximum atomic E-state index is 9.35. The second kappa shape index (κ2) is 5.34. The number of aliphatic hydroxyl groups is 1. The molecule has 1 aromatic rings. The summed E-state index contributed by atoms with van der Waals surface area (Å²) in [4.78, 5) is 4.16. The van der Waals surface area contributed by atoms with Crippen molar-refractivity contribution in [1.29, 1.82) is 0 Å². The monoisotopic (exact) mass is 250 g/mol. The third-order valence-electron chi connectivity index (χ3n) is 3.66. The first-order valence-corrected chi connectivity index (χ1v) is 6.38. The van der Waals surface area contributed by atoms with Crippen LogP contribution >= 0.6 is 0 Å². The predicted molar refractivity (Wildman–Crippen MR) is 70.5 cm³/mol. The van der Waals surface area contributed by atoms with Crippen molar-refractivity contribution in [3.05, 3.63) is 30.1 Å². The van der Waals surface area contributed by atoms with Gasteiger partial charge in [-0.15, -0.1) is 0 Å². The maximum absolute atomic E-state index is 9.35. The Labute approximate surface area is 108 Å². The van der Waals surface area contributed by atoms with E-state index in [0.717, 1.165) is 13.1 Å². The van der Waals surface area contributed by atoms with Crippen molar-refractivity contribution >= 4 is 0 Å². The Bertz CT molecular complexity index is 369. The molecule has 0 bridgehead atoms. The van der Waals surface area contributed by atoms with E-state index in [1.54, 1.807) is 6.20 Å². The number of aromatic nitrogens is 1. The molecule has 0 atom stereocenters. The van der Waals surface area contributed by atoms with Crippen LogP contribution in [0.1, 0.15) is 19.4 Å². The number of pyridine rings is 1. The normalized spacial score (nSPS) is 18.4. The van der Waals surface area contributed by atoms with E-state index in [0.29, 0.717) is 13.2 Å². The molecule has 4 nitrogen and oxygen atoms in total. The van der Waals surface area contributed by atoms with Crippen LogP contribution < -0.4 is 5.32 Å². The van der Waals surface area contributed by atoms with Gasteiger partial charge in [-0.2, -0.15) is 0 Å². The minimum absolute atomic E-state index is 0.0372. The molecule has 2 N–H and O–H groups in total. The largest absolute Gasteiger partial charge is 0.396 e. The van der Waals surface area contributed by atoms with Crippen LogP contribution in [0.2, 0.25) is 0 Å². The zero-order chi connectivity index (χ0) is 13.1. The van der Waals surface area contributed by atoms with E-state index in [1.807, 2.05) is 12.3 Å². The molecule has 1 saturated heterocycles. The topological polar surface area (TPSA) is 54.4 Å². The highest BCUT2D eigenvalue weighted by molar-refractivity contribution is 5.19. The predicted octanol–water partition coefficient (Wildman–Crippen LogP) is 0.958. The number of hydrogen-bond acceptors (Lipinski definition) is 4. The fourth-order valence-corrected chi connectivity index (χ4v) is 2.15. The Balaban J connectivity index is 1.86. The molecule has 100 valence electrons. The average molecular weight is 250 g/mol. The first-order chi connectivity index (χ1) is 8.58. The molecule has 2 heterocycles. The Hall–Kier alpha value is -0.970. The van der Waals surface area contributed by atoms with Crippen molar-refractivity contribution in [2.24, 2.45) is 5.41 Å². The standard InChI is InChI=1S/C14H22N2O2/c1-13(2,12-4-3-5-15-6-12)7-16-8-14(9-17)10-18-11-14/h3-6,16-17H,7-11H2,1-2H3. The molecule has 4 heteroatoms.